The van der Waals surface area contributed by atoms with Crippen LogP contribution in [0.4, 0.5) is 0 Å². The highest BCUT2D eigenvalue weighted by atomic mass is 16.3. The molecule has 30 heavy (non-hydrogen) atoms. The Morgan fingerprint density at radius 1 is 0.800 bits per heavy atom. The van der Waals surface area contributed by atoms with Crippen LogP contribution in [0.2, 0.25) is 0 Å². The smallest absolute Gasteiger partial charge is 0.0819 e. The number of rotatable bonds is 4. The van der Waals surface area contributed by atoms with Crippen LogP contribution in [0.25, 0.3) is 0 Å². The van der Waals surface area contributed by atoms with Gasteiger partial charge in [0.2, 0.25) is 0 Å². The second-order valence-electron chi connectivity index (χ2n) is 9.48. The van der Waals surface area contributed by atoms with Gasteiger partial charge in [-0.1, -0.05) is 78.9 Å². The predicted octanol–water partition coefficient (Wildman–Crippen LogP) is 5.27. The highest BCUT2D eigenvalue weighted by Gasteiger charge is 2.53. The van der Waals surface area contributed by atoms with Crippen molar-refractivity contribution in [3.05, 3.63) is 107 Å². The van der Waals surface area contributed by atoms with E-state index < -0.39 is 0 Å². The molecular formula is C28H29NO. The van der Waals surface area contributed by atoms with Gasteiger partial charge in [-0.05, 0) is 66.1 Å². The van der Waals surface area contributed by atoms with E-state index in [1.165, 1.54) is 6.42 Å². The van der Waals surface area contributed by atoms with Gasteiger partial charge in [0.05, 0.1) is 6.10 Å². The number of hydrogen-bond acceptors (Lipinski definition) is 2. The van der Waals surface area contributed by atoms with E-state index >= 15 is 0 Å². The van der Waals surface area contributed by atoms with Gasteiger partial charge in [0.25, 0.3) is 0 Å². The van der Waals surface area contributed by atoms with Gasteiger partial charge in [-0.25, -0.2) is 0 Å². The zero-order valence-electron chi connectivity index (χ0n) is 17.4. The Bertz CT molecular complexity index is 1000. The van der Waals surface area contributed by atoms with E-state index in [1.54, 1.807) is 22.3 Å². The third kappa shape index (κ3) is 2.71. The summed E-state index contributed by atoms with van der Waals surface area (Å²) in [7, 11) is 0. The minimum Gasteiger partial charge on any atom is -0.388 e. The van der Waals surface area contributed by atoms with Gasteiger partial charge in [0.15, 0.2) is 0 Å². The van der Waals surface area contributed by atoms with Crippen LogP contribution < -0.4 is 0 Å². The average molecular weight is 396 g/mol. The molecule has 3 aliphatic rings. The molecule has 0 unspecified atom stereocenters. The Morgan fingerprint density at radius 2 is 1.37 bits per heavy atom. The molecule has 3 aromatic carbocycles. The summed E-state index contributed by atoms with van der Waals surface area (Å²) in [6, 6.07) is 28.5. The highest BCUT2D eigenvalue weighted by molar-refractivity contribution is 5.62. The average Bonchev–Trinajstić information content (AvgIpc) is 3.32. The molecule has 2 bridgehead atoms. The Balaban J connectivity index is 1.23. The summed E-state index contributed by atoms with van der Waals surface area (Å²) < 4.78 is 0. The summed E-state index contributed by atoms with van der Waals surface area (Å²) in [6.45, 7) is 3.25. The summed E-state index contributed by atoms with van der Waals surface area (Å²) in [5.41, 5.74) is 7.41. The first-order valence-corrected chi connectivity index (χ1v) is 11.4. The fraction of sp³-hybridized carbons (Fsp3) is 0.357. The van der Waals surface area contributed by atoms with Gasteiger partial charge < -0.3 is 10.0 Å². The number of aliphatic hydroxyl groups excluding tert-OH is 1. The first kappa shape index (κ1) is 18.4. The quantitative estimate of drug-likeness (QED) is 0.651. The molecule has 1 atom stereocenters. The van der Waals surface area contributed by atoms with Crippen LogP contribution in [-0.4, -0.2) is 29.6 Å². The molecule has 2 aliphatic carbocycles. The van der Waals surface area contributed by atoms with Crippen LogP contribution >= 0.6 is 0 Å². The predicted molar refractivity (Wildman–Crippen MR) is 121 cm³/mol. The van der Waals surface area contributed by atoms with E-state index in [1.807, 2.05) is 18.2 Å². The second kappa shape index (κ2) is 7.08. The van der Waals surface area contributed by atoms with Gasteiger partial charge >= 0.3 is 0 Å². The third-order valence-electron chi connectivity index (χ3n) is 7.97. The first-order valence-electron chi connectivity index (χ1n) is 11.4. The third-order valence-corrected chi connectivity index (χ3v) is 7.97. The maximum atomic E-state index is 10.9. The Kier molecular flexibility index (Phi) is 4.33. The molecule has 1 heterocycles. The van der Waals surface area contributed by atoms with Crippen molar-refractivity contribution in [2.75, 3.05) is 19.6 Å². The van der Waals surface area contributed by atoms with Crippen molar-refractivity contribution >= 4 is 0 Å². The van der Waals surface area contributed by atoms with Crippen molar-refractivity contribution in [3.8, 4) is 0 Å². The van der Waals surface area contributed by atoms with E-state index in [0.717, 1.165) is 38.0 Å². The Labute approximate surface area is 179 Å². The highest BCUT2D eigenvalue weighted by Crippen LogP contribution is 2.60. The van der Waals surface area contributed by atoms with E-state index in [-0.39, 0.29) is 11.5 Å². The van der Waals surface area contributed by atoms with Crippen molar-refractivity contribution < 1.29 is 5.11 Å². The van der Waals surface area contributed by atoms with Crippen molar-refractivity contribution in [1.29, 1.82) is 0 Å². The lowest BCUT2D eigenvalue weighted by molar-refractivity contribution is 0.0540. The van der Waals surface area contributed by atoms with Gasteiger partial charge in [0, 0.05) is 17.9 Å². The molecular weight excluding hydrogens is 366 g/mol. The van der Waals surface area contributed by atoms with E-state index in [0.29, 0.717) is 11.8 Å². The number of benzene rings is 3. The number of likely N-dealkylation sites (tertiary alicyclic amines) is 1. The standard InChI is InChI=1S/C28H29NO/c30-27(20-8-2-1-3-9-20)21-14-16-29(17-15-21)19-28-18-24(22-10-4-6-12-25(22)28)23-11-5-7-13-26(23)28/h1-13,21,24,27,30H,14-19H2/t24?,27-,28?/m0/s1. The summed E-state index contributed by atoms with van der Waals surface area (Å²) in [5.74, 6) is 0.926. The minimum absolute atomic E-state index is 0.142. The normalized spacial score (nSPS) is 26.4. The fourth-order valence-corrected chi connectivity index (χ4v) is 6.54. The molecule has 3 aromatic rings. The molecule has 1 fully saturated rings. The van der Waals surface area contributed by atoms with Crippen molar-refractivity contribution in [3.63, 3.8) is 0 Å². The van der Waals surface area contributed by atoms with Crippen LogP contribution in [0.5, 0.6) is 0 Å². The van der Waals surface area contributed by atoms with E-state index in [9.17, 15) is 5.11 Å². The molecule has 0 saturated carbocycles. The lowest BCUT2D eigenvalue weighted by Crippen LogP contribution is -2.44. The molecule has 0 radical (unpaired) electrons. The summed E-state index contributed by atoms with van der Waals surface area (Å²) in [6.07, 6.45) is 3.02. The maximum Gasteiger partial charge on any atom is 0.0819 e. The van der Waals surface area contributed by atoms with Crippen molar-refractivity contribution in [1.82, 2.24) is 4.90 Å². The molecule has 152 valence electrons. The molecule has 1 aliphatic heterocycles. The summed E-state index contributed by atoms with van der Waals surface area (Å²) >= 11 is 0. The largest absolute Gasteiger partial charge is 0.388 e. The van der Waals surface area contributed by atoms with Gasteiger partial charge in [-0.2, -0.15) is 0 Å². The zero-order chi connectivity index (χ0) is 20.1. The molecule has 0 spiro atoms. The summed E-state index contributed by atoms with van der Waals surface area (Å²) in [5, 5.41) is 10.9. The number of piperidine rings is 1. The Morgan fingerprint density at radius 3 is 2.00 bits per heavy atom. The topological polar surface area (TPSA) is 23.5 Å². The van der Waals surface area contributed by atoms with Gasteiger partial charge in [-0.15, -0.1) is 0 Å². The Hall–Kier alpha value is -2.42. The minimum atomic E-state index is -0.338. The van der Waals surface area contributed by atoms with Crippen molar-refractivity contribution in [2.24, 2.45) is 5.92 Å². The van der Waals surface area contributed by atoms with Crippen LogP contribution in [0.1, 0.15) is 59.1 Å². The van der Waals surface area contributed by atoms with Gasteiger partial charge in [-0.3, -0.25) is 0 Å². The monoisotopic (exact) mass is 395 g/mol. The SMILES string of the molecule is O[C@@H](c1ccccc1)C1CCN(CC23CC(c4ccccc42)c2ccccc23)CC1. The van der Waals surface area contributed by atoms with Crippen LogP contribution in [0, 0.1) is 5.92 Å². The second-order valence-corrected chi connectivity index (χ2v) is 9.48. The zero-order valence-corrected chi connectivity index (χ0v) is 17.4. The molecule has 1 N–H and O–H groups in total. The molecule has 2 heteroatoms. The van der Waals surface area contributed by atoms with E-state index in [2.05, 4.69) is 65.6 Å². The number of hydrogen-bond donors (Lipinski definition) is 1. The fourth-order valence-electron chi connectivity index (χ4n) is 6.54. The lowest BCUT2D eigenvalue weighted by Gasteiger charge is -2.40. The molecule has 0 amide bonds. The van der Waals surface area contributed by atoms with Crippen LogP contribution in [0.3, 0.4) is 0 Å². The van der Waals surface area contributed by atoms with Crippen LogP contribution in [-0.2, 0) is 5.41 Å². The van der Waals surface area contributed by atoms with Gasteiger partial charge in [0.1, 0.15) is 0 Å². The molecule has 6 rings (SSSR count). The number of nitrogens with zero attached hydrogens (tertiary/aromatic N) is 1. The number of fused-ring (bicyclic) bond motifs is 8. The van der Waals surface area contributed by atoms with Crippen molar-refractivity contribution in [2.45, 2.75) is 36.7 Å². The lowest BCUT2D eigenvalue weighted by atomic mass is 9.74. The summed E-state index contributed by atoms with van der Waals surface area (Å²) in [4.78, 5) is 2.66. The molecule has 1 saturated heterocycles. The molecule has 0 aromatic heterocycles. The first-order chi connectivity index (χ1) is 14.8. The maximum absolute atomic E-state index is 10.9. The molecule has 2 nitrogen and oxygen atoms in total. The number of aliphatic hydroxyl groups is 1. The van der Waals surface area contributed by atoms with E-state index in [4.69, 9.17) is 0 Å². The van der Waals surface area contributed by atoms with Crippen LogP contribution in [0.15, 0.2) is 78.9 Å².